The van der Waals surface area contributed by atoms with Crippen molar-refractivity contribution in [3.63, 3.8) is 0 Å². The summed E-state index contributed by atoms with van der Waals surface area (Å²) in [5, 5.41) is 0. The number of hydrogen-bond acceptors (Lipinski definition) is 5. The van der Waals surface area contributed by atoms with Gasteiger partial charge in [0, 0.05) is 62.0 Å². The molecule has 5 rings (SSSR count). The van der Waals surface area contributed by atoms with Gasteiger partial charge in [-0.05, 0) is 80.8 Å². The predicted molar refractivity (Wildman–Crippen MR) is 167 cm³/mol. The van der Waals surface area contributed by atoms with Crippen LogP contribution in [0.5, 0.6) is 0 Å². The SMILES string of the molecule is CCC(CC)N1CCC2(CCN(Cc3ccc(C(=O)N(CC4=NC=CC4)Cc4nccn4CC(C)C)cc3)C2)CC1. The second kappa shape index (κ2) is 13.5. The Kier molecular flexibility index (Phi) is 9.76. The molecule has 7 heteroatoms. The highest BCUT2D eigenvalue weighted by atomic mass is 16.2. The van der Waals surface area contributed by atoms with Crippen molar-refractivity contribution in [1.82, 2.24) is 24.3 Å². The van der Waals surface area contributed by atoms with Crippen molar-refractivity contribution in [2.45, 2.75) is 91.9 Å². The third kappa shape index (κ3) is 7.36. The normalized spacial score (nSPS) is 19.1. The van der Waals surface area contributed by atoms with E-state index in [1.807, 2.05) is 41.7 Å². The molecule has 4 heterocycles. The first-order valence-electron chi connectivity index (χ1n) is 15.9. The van der Waals surface area contributed by atoms with Crippen LogP contribution >= 0.6 is 0 Å². The standard InChI is InChI=1S/C34H50N6O/c1-5-31(6-2)38-19-14-34(15-20-38)13-18-37(26-34)23-28-9-11-29(12-10-28)33(41)40(24-30-8-7-16-35-30)25-32-36-17-21-39(32)22-27(3)4/h7,9-12,16-17,21,27,31H,5-6,8,13-15,18-20,22-26H2,1-4H3. The molecule has 7 nitrogen and oxygen atoms in total. The van der Waals surface area contributed by atoms with E-state index >= 15 is 0 Å². The lowest BCUT2D eigenvalue weighted by atomic mass is 9.77. The van der Waals surface area contributed by atoms with Crippen molar-refractivity contribution in [3.05, 3.63) is 65.9 Å². The molecule has 1 amide bonds. The van der Waals surface area contributed by atoms with E-state index in [2.05, 4.69) is 64.2 Å². The van der Waals surface area contributed by atoms with E-state index in [0.717, 1.165) is 42.7 Å². The van der Waals surface area contributed by atoms with Gasteiger partial charge in [0.15, 0.2) is 0 Å². The van der Waals surface area contributed by atoms with Crippen LogP contribution in [-0.2, 0) is 19.6 Å². The van der Waals surface area contributed by atoms with E-state index in [1.54, 1.807) is 0 Å². The lowest BCUT2D eigenvalue weighted by molar-refractivity contribution is 0.0724. The summed E-state index contributed by atoms with van der Waals surface area (Å²) in [5.74, 6) is 1.47. The Morgan fingerprint density at radius 3 is 2.41 bits per heavy atom. The van der Waals surface area contributed by atoms with Gasteiger partial charge < -0.3 is 14.4 Å². The highest BCUT2D eigenvalue weighted by Crippen LogP contribution is 2.41. The fraction of sp³-hybridized carbons (Fsp3) is 0.618. The molecule has 2 aromatic rings. The highest BCUT2D eigenvalue weighted by Gasteiger charge is 2.41. The lowest BCUT2D eigenvalue weighted by Crippen LogP contribution is -2.45. The second-order valence-corrected chi connectivity index (χ2v) is 13.0. The molecule has 3 aliphatic heterocycles. The molecule has 3 aliphatic rings. The molecule has 222 valence electrons. The van der Waals surface area contributed by atoms with Crippen LogP contribution in [0.25, 0.3) is 0 Å². The minimum Gasteiger partial charge on any atom is -0.333 e. The summed E-state index contributed by atoms with van der Waals surface area (Å²) in [5.41, 5.74) is 3.54. The van der Waals surface area contributed by atoms with Gasteiger partial charge in [-0.3, -0.25) is 14.7 Å². The van der Waals surface area contributed by atoms with Crippen LogP contribution in [0.1, 0.15) is 88.0 Å². The van der Waals surface area contributed by atoms with Crippen LogP contribution < -0.4 is 0 Å². The van der Waals surface area contributed by atoms with Gasteiger partial charge in [0.25, 0.3) is 5.91 Å². The number of allylic oxidation sites excluding steroid dienone is 1. The van der Waals surface area contributed by atoms with Gasteiger partial charge >= 0.3 is 0 Å². The van der Waals surface area contributed by atoms with E-state index < -0.39 is 0 Å². The van der Waals surface area contributed by atoms with Crippen LogP contribution in [0.15, 0.2) is 53.9 Å². The molecule has 0 saturated carbocycles. The Balaban J connectivity index is 1.20. The van der Waals surface area contributed by atoms with Gasteiger partial charge in [0.2, 0.25) is 0 Å². The first-order chi connectivity index (χ1) is 19.9. The van der Waals surface area contributed by atoms with Crippen molar-refractivity contribution < 1.29 is 4.79 Å². The fourth-order valence-corrected chi connectivity index (χ4v) is 7.08. The van der Waals surface area contributed by atoms with Crippen LogP contribution in [-0.4, -0.2) is 74.6 Å². The maximum atomic E-state index is 13.8. The Bertz CT molecular complexity index is 1200. The smallest absolute Gasteiger partial charge is 0.254 e. The van der Waals surface area contributed by atoms with Crippen molar-refractivity contribution in [2.75, 3.05) is 32.7 Å². The number of amides is 1. The van der Waals surface area contributed by atoms with E-state index in [1.165, 1.54) is 63.8 Å². The monoisotopic (exact) mass is 558 g/mol. The zero-order chi connectivity index (χ0) is 28.8. The van der Waals surface area contributed by atoms with Crippen LogP contribution in [0.2, 0.25) is 0 Å². The Hall–Kier alpha value is -2.77. The van der Waals surface area contributed by atoms with E-state index in [9.17, 15) is 4.79 Å². The summed E-state index contributed by atoms with van der Waals surface area (Å²) in [6.45, 7) is 16.8. The number of rotatable bonds is 12. The minimum absolute atomic E-state index is 0.0367. The van der Waals surface area contributed by atoms with Crippen LogP contribution in [0, 0.1) is 11.3 Å². The zero-order valence-corrected chi connectivity index (χ0v) is 25.8. The fourth-order valence-electron chi connectivity index (χ4n) is 7.08. The lowest BCUT2D eigenvalue weighted by Gasteiger charge is -2.42. The maximum Gasteiger partial charge on any atom is 0.254 e. The molecular weight excluding hydrogens is 508 g/mol. The third-order valence-electron chi connectivity index (χ3n) is 9.51. The molecule has 0 bridgehead atoms. The molecule has 41 heavy (non-hydrogen) atoms. The number of carbonyl (C=O) groups excluding carboxylic acids is 1. The predicted octanol–water partition coefficient (Wildman–Crippen LogP) is 6.02. The quantitative estimate of drug-likeness (QED) is 0.320. The van der Waals surface area contributed by atoms with Gasteiger partial charge in [0.05, 0.1) is 13.1 Å². The van der Waals surface area contributed by atoms with Crippen molar-refractivity contribution in [3.8, 4) is 0 Å². The number of nitrogens with zero attached hydrogens (tertiary/aromatic N) is 6. The largest absolute Gasteiger partial charge is 0.333 e. The number of carbonyl (C=O) groups is 1. The van der Waals surface area contributed by atoms with E-state index in [-0.39, 0.29) is 5.91 Å². The Labute approximate surface area is 247 Å². The molecule has 0 unspecified atom stereocenters. The summed E-state index contributed by atoms with van der Waals surface area (Å²) >= 11 is 0. The number of benzene rings is 1. The van der Waals surface area contributed by atoms with Gasteiger partial charge in [-0.25, -0.2) is 4.98 Å². The minimum atomic E-state index is 0.0367. The number of piperidine rings is 1. The van der Waals surface area contributed by atoms with E-state index in [0.29, 0.717) is 24.4 Å². The maximum absolute atomic E-state index is 13.8. The average molecular weight is 559 g/mol. The second-order valence-electron chi connectivity index (χ2n) is 13.0. The molecule has 1 spiro atoms. The summed E-state index contributed by atoms with van der Waals surface area (Å²) < 4.78 is 2.17. The molecule has 2 fully saturated rings. The average Bonchev–Trinajstić information content (AvgIpc) is 3.73. The van der Waals surface area contributed by atoms with Crippen molar-refractivity contribution in [1.29, 1.82) is 0 Å². The van der Waals surface area contributed by atoms with Crippen LogP contribution in [0.4, 0.5) is 0 Å². The van der Waals surface area contributed by atoms with Gasteiger partial charge in [-0.15, -0.1) is 0 Å². The number of aromatic nitrogens is 2. The number of aliphatic imine (C=N–C) groups is 1. The van der Waals surface area contributed by atoms with Gasteiger partial charge in [0.1, 0.15) is 5.82 Å². The molecular formula is C34H50N6O. The zero-order valence-electron chi connectivity index (χ0n) is 25.8. The number of imidazole rings is 1. The summed E-state index contributed by atoms with van der Waals surface area (Å²) in [6.07, 6.45) is 15.1. The Morgan fingerprint density at radius 1 is 1.02 bits per heavy atom. The number of hydrogen-bond donors (Lipinski definition) is 0. The highest BCUT2D eigenvalue weighted by molar-refractivity contribution is 5.98. The first-order valence-corrected chi connectivity index (χ1v) is 15.9. The van der Waals surface area contributed by atoms with Crippen LogP contribution in [0.3, 0.4) is 0 Å². The van der Waals surface area contributed by atoms with Gasteiger partial charge in [-0.1, -0.05) is 45.9 Å². The summed E-state index contributed by atoms with van der Waals surface area (Å²) in [4.78, 5) is 30.1. The topological polar surface area (TPSA) is 57.0 Å². The molecule has 0 atom stereocenters. The van der Waals surface area contributed by atoms with Crippen molar-refractivity contribution in [2.24, 2.45) is 16.3 Å². The Morgan fingerprint density at radius 2 is 1.76 bits per heavy atom. The summed E-state index contributed by atoms with van der Waals surface area (Å²) in [7, 11) is 0. The molecule has 2 saturated heterocycles. The van der Waals surface area contributed by atoms with Crippen molar-refractivity contribution >= 4 is 11.6 Å². The third-order valence-corrected chi connectivity index (χ3v) is 9.51. The van der Waals surface area contributed by atoms with Gasteiger partial charge in [-0.2, -0.15) is 0 Å². The first kappa shape index (κ1) is 29.7. The number of likely N-dealkylation sites (tertiary alicyclic amines) is 2. The van der Waals surface area contributed by atoms with E-state index in [4.69, 9.17) is 0 Å². The molecule has 1 aromatic heterocycles. The molecule has 1 aromatic carbocycles. The molecule has 0 radical (unpaired) electrons. The summed E-state index contributed by atoms with van der Waals surface area (Å²) in [6, 6.07) is 9.09. The molecule has 0 N–H and O–H groups in total. The molecule has 0 aliphatic carbocycles.